The number of hydrogen-bond acceptors (Lipinski definition) is 4. The van der Waals surface area contributed by atoms with Crippen LogP contribution in [0, 0.1) is 0 Å². The summed E-state index contributed by atoms with van der Waals surface area (Å²) >= 11 is 0. The van der Waals surface area contributed by atoms with E-state index in [0.29, 0.717) is 6.54 Å². The van der Waals surface area contributed by atoms with E-state index in [1.54, 1.807) is 6.92 Å². The lowest BCUT2D eigenvalue weighted by Gasteiger charge is -2.27. The summed E-state index contributed by atoms with van der Waals surface area (Å²) in [5.74, 6) is 0. The van der Waals surface area contributed by atoms with Gasteiger partial charge in [-0.05, 0) is 31.0 Å². The third-order valence-electron chi connectivity index (χ3n) is 3.64. The van der Waals surface area contributed by atoms with Gasteiger partial charge in [0.15, 0.2) is 0 Å². The Morgan fingerprint density at radius 3 is 2.95 bits per heavy atom. The van der Waals surface area contributed by atoms with Crippen LogP contribution in [0.4, 0.5) is 0 Å². The summed E-state index contributed by atoms with van der Waals surface area (Å²) < 4.78 is 31.7. The van der Waals surface area contributed by atoms with Crippen LogP contribution < -0.4 is 10.0 Å². The quantitative estimate of drug-likeness (QED) is 0.816. The minimum atomic E-state index is -3.34. The Kier molecular flexibility index (Phi) is 5.15. The fourth-order valence-corrected chi connectivity index (χ4v) is 3.44. The molecule has 0 aliphatic carbocycles. The fraction of sp³-hybridized carbons (Fsp3) is 0.571. The second-order valence-electron chi connectivity index (χ2n) is 5.11. The summed E-state index contributed by atoms with van der Waals surface area (Å²) in [5, 5.41) is 2.81. The van der Waals surface area contributed by atoms with Gasteiger partial charge in [0, 0.05) is 19.7 Å². The van der Waals surface area contributed by atoms with Crippen LogP contribution >= 0.6 is 0 Å². The number of hydrogen-bond donors (Lipinski definition) is 2. The summed E-state index contributed by atoms with van der Waals surface area (Å²) in [6.45, 7) is 3.09. The van der Waals surface area contributed by atoms with Crippen LogP contribution in [0.3, 0.4) is 0 Å². The third kappa shape index (κ3) is 3.58. The maximum atomic E-state index is 12.1. The van der Waals surface area contributed by atoms with Gasteiger partial charge < -0.3 is 10.1 Å². The summed E-state index contributed by atoms with van der Waals surface area (Å²) in [5.41, 5.74) is 2.47. The standard InChI is InChI=1S/C14H22N2O3S/c1-11(10-19-2)20(17,18)16-9-14-13-6-4-3-5-12(13)7-8-15-14/h3-6,11,14-16H,7-10H2,1-2H3. The van der Waals surface area contributed by atoms with Crippen LogP contribution in [0.1, 0.15) is 24.1 Å². The third-order valence-corrected chi connectivity index (χ3v) is 5.40. The molecule has 0 saturated carbocycles. The van der Waals surface area contributed by atoms with E-state index in [9.17, 15) is 8.42 Å². The van der Waals surface area contributed by atoms with Gasteiger partial charge in [0.2, 0.25) is 10.0 Å². The number of rotatable bonds is 6. The lowest BCUT2D eigenvalue weighted by Crippen LogP contribution is -2.42. The highest BCUT2D eigenvalue weighted by Gasteiger charge is 2.24. The van der Waals surface area contributed by atoms with Gasteiger partial charge in [-0.1, -0.05) is 24.3 Å². The highest BCUT2D eigenvalue weighted by molar-refractivity contribution is 7.90. The van der Waals surface area contributed by atoms with Crippen LogP contribution in [-0.2, 0) is 21.2 Å². The molecule has 1 aromatic carbocycles. The zero-order valence-electron chi connectivity index (χ0n) is 11.9. The highest BCUT2D eigenvalue weighted by Crippen LogP contribution is 2.22. The van der Waals surface area contributed by atoms with Crippen LogP contribution in [0.15, 0.2) is 24.3 Å². The lowest BCUT2D eigenvalue weighted by molar-refractivity contribution is 0.200. The number of sulfonamides is 1. The number of methoxy groups -OCH3 is 1. The van der Waals surface area contributed by atoms with Crippen molar-refractivity contribution >= 4 is 10.0 Å². The van der Waals surface area contributed by atoms with Gasteiger partial charge in [0.05, 0.1) is 11.9 Å². The molecule has 20 heavy (non-hydrogen) atoms. The molecule has 0 fully saturated rings. The van der Waals surface area contributed by atoms with E-state index in [2.05, 4.69) is 22.2 Å². The van der Waals surface area contributed by atoms with E-state index in [0.717, 1.165) is 13.0 Å². The van der Waals surface area contributed by atoms with Crippen molar-refractivity contribution < 1.29 is 13.2 Å². The van der Waals surface area contributed by atoms with Gasteiger partial charge in [-0.2, -0.15) is 0 Å². The Balaban J connectivity index is 2.02. The zero-order chi connectivity index (χ0) is 14.6. The lowest BCUT2D eigenvalue weighted by atomic mass is 9.95. The first-order valence-corrected chi connectivity index (χ1v) is 8.38. The molecule has 5 nitrogen and oxygen atoms in total. The van der Waals surface area contributed by atoms with Crippen LogP contribution in [0.25, 0.3) is 0 Å². The summed E-state index contributed by atoms with van der Waals surface area (Å²) in [6.07, 6.45) is 0.986. The Labute approximate surface area is 120 Å². The van der Waals surface area contributed by atoms with E-state index in [4.69, 9.17) is 4.74 Å². The normalized spacial score (nSPS) is 20.4. The molecular formula is C14H22N2O3S. The first-order valence-electron chi connectivity index (χ1n) is 6.83. The molecule has 2 N–H and O–H groups in total. The minimum Gasteiger partial charge on any atom is -0.383 e. The first kappa shape index (κ1) is 15.4. The number of benzene rings is 1. The van der Waals surface area contributed by atoms with Gasteiger partial charge in [0.25, 0.3) is 0 Å². The zero-order valence-corrected chi connectivity index (χ0v) is 12.7. The number of ether oxygens (including phenoxy) is 1. The fourth-order valence-electron chi connectivity index (χ4n) is 2.44. The van der Waals surface area contributed by atoms with Crippen molar-refractivity contribution in [2.75, 3.05) is 26.8 Å². The molecule has 0 bridgehead atoms. The van der Waals surface area contributed by atoms with Crippen molar-refractivity contribution in [1.82, 2.24) is 10.0 Å². The maximum Gasteiger partial charge on any atom is 0.216 e. The van der Waals surface area contributed by atoms with Crippen molar-refractivity contribution in [2.24, 2.45) is 0 Å². The van der Waals surface area contributed by atoms with Crippen molar-refractivity contribution in [1.29, 1.82) is 0 Å². The summed E-state index contributed by atoms with van der Waals surface area (Å²) in [7, 11) is -1.83. The van der Waals surface area contributed by atoms with Crippen LogP contribution in [0.5, 0.6) is 0 Å². The predicted octanol–water partition coefficient (Wildman–Crippen LogP) is 0.828. The molecule has 1 aromatic rings. The Morgan fingerprint density at radius 2 is 2.20 bits per heavy atom. The molecule has 0 amide bonds. The van der Waals surface area contributed by atoms with Crippen molar-refractivity contribution in [2.45, 2.75) is 24.6 Å². The Bertz CT molecular complexity index is 545. The molecular weight excluding hydrogens is 276 g/mol. The average Bonchev–Trinajstić information content (AvgIpc) is 2.45. The van der Waals surface area contributed by atoms with E-state index in [-0.39, 0.29) is 12.6 Å². The van der Waals surface area contributed by atoms with Crippen molar-refractivity contribution in [3.63, 3.8) is 0 Å². The molecule has 0 spiro atoms. The molecule has 1 aliphatic heterocycles. The maximum absolute atomic E-state index is 12.1. The molecule has 0 saturated heterocycles. The molecule has 1 aliphatic rings. The highest BCUT2D eigenvalue weighted by atomic mass is 32.2. The predicted molar refractivity (Wildman–Crippen MR) is 79.2 cm³/mol. The van der Waals surface area contributed by atoms with E-state index < -0.39 is 15.3 Å². The molecule has 2 atom stereocenters. The van der Waals surface area contributed by atoms with Gasteiger partial charge >= 0.3 is 0 Å². The van der Waals surface area contributed by atoms with Gasteiger partial charge in [0.1, 0.15) is 0 Å². The molecule has 112 valence electrons. The van der Waals surface area contributed by atoms with Crippen molar-refractivity contribution in [3.05, 3.63) is 35.4 Å². The Morgan fingerprint density at radius 1 is 1.45 bits per heavy atom. The molecule has 6 heteroatoms. The molecule has 1 heterocycles. The second-order valence-corrected chi connectivity index (χ2v) is 7.30. The number of nitrogens with one attached hydrogen (secondary N) is 2. The van der Waals surface area contributed by atoms with Crippen molar-refractivity contribution in [3.8, 4) is 0 Å². The van der Waals surface area contributed by atoms with E-state index in [1.165, 1.54) is 18.2 Å². The first-order chi connectivity index (χ1) is 9.54. The summed E-state index contributed by atoms with van der Waals surface area (Å²) in [6, 6.07) is 8.20. The average molecular weight is 298 g/mol. The molecule has 2 rings (SSSR count). The van der Waals surface area contributed by atoms with Crippen LogP contribution in [0.2, 0.25) is 0 Å². The van der Waals surface area contributed by atoms with Gasteiger partial charge in [-0.25, -0.2) is 13.1 Å². The number of fused-ring (bicyclic) bond motifs is 1. The topological polar surface area (TPSA) is 67.4 Å². The SMILES string of the molecule is COCC(C)S(=O)(=O)NCC1NCCc2ccccc21. The van der Waals surface area contributed by atoms with Gasteiger partial charge in [-0.3, -0.25) is 0 Å². The van der Waals surface area contributed by atoms with Gasteiger partial charge in [-0.15, -0.1) is 0 Å². The minimum absolute atomic E-state index is 0.0319. The molecule has 0 radical (unpaired) electrons. The Hall–Kier alpha value is -0.950. The largest absolute Gasteiger partial charge is 0.383 e. The van der Waals surface area contributed by atoms with E-state index >= 15 is 0 Å². The molecule has 0 aromatic heterocycles. The second kappa shape index (κ2) is 6.67. The van der Waals surface area contributed by atoms with E-state index in [1.807, 2.05) is 12.1 Å². The van der Waals surface area contributed by atoms with Crippen LogP contribution in [-0.4, -0.2) is 40.5 Å². The summed E-state index contributed by atoms with van der Waals surface area (Å²) in [4.78, 5) is 0. The monoisotopic (exact) mass is 298 g/mol. The molecule has 2 unspecified atom stereocenters. The smallest absolute Gasteiger partial charge is 0.216 e.